The van der Waals surface area contributed by atoms with E-state index in [9.17, 15) is 14.4 Å². The van der Waals surface area contributed by atoms with Crippen molar-refractivity contribution < 1.29 is 19.1 Å². The molecule has 0 aliphatic carbocycles. The number of nitrogens with two attached hydrogens (primary N) is 1. The molecule has 3 N–H and O–H groups in total. The normalized spacial score (nSPS) is 15.9. The van der Waals surface area contributed by atoms with Crippen LogP contribution in [0.2, 0.25) is 0 Å². The summed E-state index contributed by atoms with van der Waals surface area (Å²) in [5, 5.41) is 2.86. The highest BCUT2D eigenvalue weighted by molar-refractivity contribution is 6.00. The predicted molar refractivity (Wildman–Crippen MR) is 103 cm³/mol. The SMILES string of the molecule is NC(=O)OCCc1ccc(NC(=O)[C@@H]2CCCN2C(=O)c2ccccn2)cc1. The zero-order valence-corrected chi connectivity index (χ0v) is 15.3. The number of carbonyl (C=O) groups excluding carboxylic acids is 3. The highest BCUT2D eigenvalue weighted by Gasteiger charge is 2.35. The molecule has 2 aromatic rings. The zero-order valence-electron chi connectivity index (χ0n) is 15.3. The van der Waals surface area contributed by atoms with Crippen molar-refractivity contribution in [2.75, 3.05) is 18.5 Å². The lowest BCUT2D eigenvalue weighted by atomic mass is 10.1. The maximum absolute atomic E-state index is 12.7. The molecule has 3 rings (SSSR count). The van der Waals surface area contributed by atoms with Gasteiger partial charge in [0, 0.05) is 24.8 Å². The number of hydrogen-bond acceptors (Lipinski definition) is 5. The Morgan fingerprint density at radius 1 is 1.18 bits per heavy atom. The van der Waals surface area contributed by atoms with Gasteiger partial charge in [-0.2, -0.15) is 0 Å². The molecule has 0 unspecified atom stereocenters. The molecule has 2 heterocycles. The van der Waals surface area contributed by atoms with Gasteiger partial charge in [0.15, 0.2) is 0 Å². The van der Waals surface area contributed by atoms with Gasteiger partial charge < -0.3 is 20.7 Å². The molecule has 0 radical (unpaired) electrons. The minimum Gasteiger partial charge on any atom is -0.449 e. The van der Waals surface area contributed by atoms with E-state index in [0.29, 0.717) is 30.8 Å². The molecule has 1 saturated heterocycles. The Morgan fingerprint density at radius 3 is 2.64 bits per heavy atom. The van der Waals surface area contributed by atoms with Gasteiger partial charge in [-0.3, -0.25) is 14.6 Å². The number of hydrogen-bond donors (Lipinski definition) is 2. The Labute approximate surface area is 162 Å². The van der Waals surface area contributed by atoms with Crippen molar-refractivity contribution in [3.8, 4) is 0 Å². The third-order valence-corrected chi connectivity index (χ3v) is 4.56. The summed E-state index contributed by atoms with van der Waals surface area (Å²) in [7, 11) is 0. The largest absolute Gasteiger partial charge is 0.449 e. The Bertz CT molecular complexity index is 839. The van der Waals surface area contributed by atoms with Gasteiger partial charge in [-0.25, -0.2) is 4.79 Å². The average molecular weight is 382 g/mol. The van der Waals surface area contributed by atoms with E-state index in [-0.39, 0.29) is 18.4 Å². The molecule has 0 spiro atoms. The Balaban J connectivity index is 1.59. The quantitative estimate of drug-likeness (QED) is 0.793. The molecule has 1 atom stereocenters. The third-order valence-electron chi connectivity index (χ3n) is 4.56. The van der Waals surface area contributed by atoms with Crippen LogP contribution in [0.1, 0.15) is 28.9 Å². The molecule has 8 heteroatoms. The van der Waals surface area contributed by atoms with Crippen molar-refractivity contribution in [3.63, 3.8) is 0 Å². The fraction of sp³-hybridized carbons (Fsp3) is 0.300. The van der Waals surface area contributed by atoms with Crippen molar-refractivity contribution in [2.24, 2.45) is 5.73 Å². The van der Waals surface area contributed by atoms with Crippen molar-refractivity contribution in [1.82, 2.24) is 9.88 Å². The number of benzene rings is 1. The first kappa shape index (κ1) is 19.3. The molecule has 1 aromatic heterocycles. The Hall–Kier alpha value is -3.42. The molecule has 1 aliphatic heterocycles. The summed E-state index contributed by atoms with van der Waals surface area (Å²) in [5.74, 6) is -0.449. The minimum absolute atomic E-state index is 0.202. The van der Waals surface area contributed by atoms with Crippen LogP contribution in [0.15, 0.2) is 48.7 Å². The van der Waals surface area contributed by atoms with Gasteiger partial charge in [-0.05, 0) is 42.7 Å². The fourth-order valence-electron chi connectivity index (χ4n) is 3.17. The third kappa shape index (κ3) is 4.85. The summed E-state index contributed by atoms with van der Waals surface area (Å²) in [5.41, 5.74) is 6.85. The lowest BCUT2D eigenvalue weighted by molar-refractivity contribution is -0.119. The van der Waals surface area contributed by atoms with Crippen molar-refractivity contribution in [2.45, 2.75) is 25.3 Å². The van der Waals surface area contributed by atoms with Crippen LogP contribution in [0.4, 0.5) is 10.5 Å². The second-order valence-electron chi connectivity index (χ2n) is 6.48. The first-order chi connectivity index (χ1) is 13.5. The summed E-state index contributed by atoms with van der Waals surface area (Å²) in [6, 6.07) is 11.9. The van der Waals surface area contributed by atoms with Crippen LogP contribution in [0.5, 0.6) is 0 Å². The number of pyridine rings is 1. The number of carbonyl (C=O) groups is 3. The maximum Gasteiger partial charge on any atom is 0.404 e. The number of anilines is 1. The van der Waals surface area contributed by atoms with Crippen LogP contribution >= 0.6 is 0 Å². The second-order valence-corrected chi connectivity index (χ2v) is 6.48. The predicted octanol–water partition coefficient (Wildman–Crippen LogP) is 1.96. The van der Waals surface area contributed by atoms with E-state index in [4.69, 9.17) is 10.5 Å². The molecule has 3 amide bonds. The molecule has 1 aromatic carbocycles. The van der Waals surface area contributed by atoms with E-state index in [0.717, 1.165) is 12.0 Å². The lowest BCUT2D eigenvalue weighted by Crippen LogP contribution is -2.43. The standard InChI is InChI=1S/C20H22N4O4/c21-20(27)28-13-10-14-6-8-15(9-7-14)23-18(25)17-5-3-12-24(17)19(26)16-4-1-2-11-22-16/h1-2,4,6-9,11,17H,3,5,10,12-13H2,(H2,21,27)(H,23,25)/t17-/m0/s1. The number of ether oxygens (including phenoxy) is 1. The monoisotopic (exact) mass is 382 g/mol. The summed E-state index contributed by atoms with van der Waals surface area (Å²) in [6.45, 7) is 0.736. The van der Waals surface area contributed by atoms with E-state index < -0.39 is 12.1 Å². The number of aromatic nitrogens is 1. The molecular weight excluding hydrogens is 360 g/mol. The first-order valence-corrected chi connectivity index (χ1v) is 9.08. The Kier molecular flexibility index (Phi) is 6.21. The molecule has 0 bridgehead atoms. The van der Waals surface area contributed by atoms with Crippen molar-refractivity contribution in [1.29, 1.82) is 0 Å². The van der Waals surface area contributed by atoms with Crippen molar-refractivity contribution in [3.05, 3.63) is 59.9 Å². The molecule has 0 saturated carbocycles. The summed E-state index contributed by atoms with van der Waals surface area (Å²) < 4.78 is 4.71. The first-order valence-electron chi connectivity index (χ1n) is 9.08. The van der Waals surface area contributed by atoms with Crippen LogP contribution in [0, 0.1) is 0 Å². The lowest BCUT2D eigenvalue weighted by Gasteiger charge is -2.23. The Morgan fingerprint density at radius 2 is 1.96 bits per heavy atom. The number of primary amides is 1. The zero-order chi connectivity index (χ0) is 19.9. The summed E-state index contributed by atoms with van der Waals surface area (Å²) in [4.78, 5) is 41.6. The number of nitrogens with zero attached hydrogens (tertiary/aromatic N) is 2. The minimum atomic E-state index is -0.801. The second kappa shape index (κ2) is 8.98. The maximum atomic E-state index is 12.7. The van der Waals surface area contributed by atoms with Crippen LogP contribution in [0.25, 0.3) is 0 Å². The smallest absolute Gasteiger partial charge is 0.404 e. The van der Waals surface area contributed by atoms with Crippen LogP contribution in [-0.2, 0) is 16.0 Å². The fourth-order valence-corrected chi connectivity index (χ4v) is 3.17. The van der Waals surface area contributed by atoms with Gasteiger partial charge >= 0.3 is 6.09 Å². The van der Waals surface area contributed by atoms with E-state index in [1.807, 2.05) is 12.1 Å². The van der Waals surface area contributed by atoms with Gasteiger partial charge in [0.2, 0.25) is 5.91 Å². The number of likely N-dealkylation sites (tertiary alicyclic amines) is 1. The van der Waals surface area contributed by atoms with Crippen LogP contribution in [-0.4, -0.2) is 47.0 Å². The van der Waals surface area contributed by atoms with Crippen LogP contribution < -0.4 is 11.1 Å². The van der Waals surface area contributed by atoms with E-state index >= 15 is 0 Å². The highest BCUT2D eigenvalue weighted by Crippen LogP contribution is 2.21. The summed E-state index contributed by atoms with van der Waals surface area (Å²) in [6.07, 6.45) is 2.69. The van der Waals surface area contributed by atoms with Gasteiger partial charge in [-0.15, -0.1) is 0 Å². The van der Waals surface area contributed by atoms with Gasteiger partial charge in [0.25, 0.3) is 5.91 Å². The van der Waals surface area contributed by atoms with Crippen molar-refractivity contribution >= 4 is 23.6 Å². The van der Waals surface area contributed by atoms with E-state index in [2.05, 4.69) is 10.3 Å². The summed E-state index contributed by atoms with van der Waals surface area (Å²) >= 11 is 0. The van der Waals surface area contributed by atoms with E-state index in [1.54, 1.807) is 41.4 Å². The van der Waals surface area contributed by atoms with Gasteiger partial charge in [0.1, 0.15) is 11.7 Å². The van der Waals surface area contributed by atoms with E-state index in [1.165, 1.54) is 0 Å². The van der Waals surface area contributed by atoms with Gasteiger partial charge in [0.05, 0.1) is 6.61 Å². The van der Waals surface area contributed by atoms with Gasteiger partial charge in [-0.1, -0.05) is 18.2 Å². The molecular formula is C20H22N4O4. The van der Waals surface area contributed by atoms with Crippen LogP contribution in [0.3, 0.4) is 0 Å². The molecule has 1 fully saturated rings. The molecule has 28 heavy (non-hydrogen) atoms. The molecule has 8 nitrogen and oxygen atoms in total. The number of amides is 3. The topological polar surface area (TPSA) is 115 Å². The number of rotatable bonds is 6. The average Bonchev–Trinajstić information content (AvgIpc) is 3.19. The number of nitrogens with one attached hydrogen (secondary N) is 1. The molecule has 146 valence electrons. The molecule has 1 aliphatic rings. The highest BCUT2D eigenvalue weighted by atomic mass is 16.5.